The number of thioether (sulfide) groups is 2. The second-order valence-electron chi connectivity index (χ2n) is 12.3. The quantitative estimate of drug-likeness (QED) is 0.0324. The number of amides is 4. The molecule has 1 saturated heterocycles. The first-order chi connectivity index (χ1) is 27.3. The molecule has 3 aromatic carbocycles. The number of hydrogen-bond acceptors (Lipinski definition) is 12. The number of benzene rings is 3. The zero-order valence-corrected chi connectivity index (χ0v) is 32.2. The molecule has 1 fully saturated rings. The lowest BCUT2D eigenvalue weighted by Crippen LogP contribution is -2.54. The first kappa shape index (κ1) is 38.1. The molecule has 1 atom stereocenters. The van der Waals surface area contributed by atoms with E-state index in [0.717, 1.165) is 21.6 Å². The number of nitrogens with two attached hydrogens (primary N) is 1. The van der Waals surface area contributed by atoms with E-state index in [-0.39, 0.29) is 28.4 Å². The van der Waals surface area contributed by atoms with Crippen molar-refractivity contribution >= 4 is 69.5 Å². The summed E-state index contributed by atoms with van der Waals surface area (Å²) in [5, 5.41) is 9.54. The van der Waals surface area contributed by atoms with Gasteiger partial charge in [-0.2, -0.15) is 5.48 Å². The number of carbonyl (C=O) groups is 4. The fraction of sp³-hybridized carbons (Fsp3) is 0.154. The minimum atomic E-state index is -0.889. The van der Waals surface area contributed by atoms with Gasteiger partial charge in [0.1, 0.15) is 24.0 Å². The average Bonchev–Trinajstić information content (AvgIpc) is 3.69. The van der Waals surface area contributed by atoms with E-state index < -0.39 is 23.4 Å². The van der Waals surface area contributed by atoms with E-state index in [1.807, 2.05) is 91.0 Å². The van der Waals surface area contributed by atoms with Gasteiger partial charge < -0.3 is 20.7 Å². The summed E-state index contributed by atoms with van der Waals surface area (Å²) in [5.74, 6) is -1.15. The second-order valence-corrected chi connectivity index (χ2v) is 15.4. The van der Waals surface area contributed by atoms with Gasteiger partial charge in [-0.1, -0.05) is 101 Å². The molecule has 2 aromatic heterocycles. The third kappa shape index (κ3) is 8.10. The van der Waals surface area contributed by atoms with E-state index in [4.69, 9.17) is 20.4 Å². The van der Waals surface area contributed by atoms with Gasteiger partial charge in [-0.25, -0.2) is 14.6 Å². The molecule has 284 valence electrons. The van der Waals surface area contributed by atoms with Crippen LogP contribution in [0.4, 0.5) is 9.93 Å². The van der Waals surface area contributed by atoms with Gasteiger partial charge in [0.15, 0.2) is 10.8 Å². The van der Waals surface area contributed by atoms with Crippen molar-refractivity contribution in [3.8, 4) is 0 Å². The minimum Gasteiger partial charge on any atom is -0.398 e. The van der Waals surface area contributed by atoms with Crippen LogP contribution in [0.1, 0.15) is 28.8 Å². The number of β-lactam (4-membered cyclic amide) rings is 1. The van der Waals surface area contributed by atoms with E-state index in [9.17, 15) is 19.2 Å². The summed E-state index contributed by atoms with van der Waals surface area (Å²) in [4.78, 5) is 68.5. The summed E-state index contributed by atoms with van der Waals surface area (Å²) < 4.78 is 1.41. The molecule has 7 rings (SSSR count). The number of hydrogen-bond donors (Lipinski definition) is 4. The van der Waals surface area contributed by atoms with Gasteiger partial charge in [-0.3, -0.25) is 14.5 Å². The summed E-state index contributed by atoms with van der Waals surface area (Å²) in [5.41, 5.74) is 12.5. The topological polar surface area (TPSA) is 181 Å². The summed E-state index contributed by atoms with van der Waals surface area (Å²) >= 11 is 4.25. The number of aromatic nitrogens is 2. The number of oxime groups is 1. The van der Waals surface area contributed by atoms with Gasteiger partial charge >= 0.3 is 17.9 Å². The Morgan fingerprint density at radius 3 is 2.12 bits per heavy atom. The van der Waals surface area contributed by atoms with Crippen LogP contribution >= 0.6 is 34.9 Å². The van der Waals surface area contributed by atoms with Gasteiger partial charge in [-0.05, 0) is 22.3 Å². The summed E-state index contributed by atoms with van der Waals surface area (Å²) in [6, 6.07) is 32.9. The fourth-order valence-corrected chi connectivity index (χ4v) is 9.36. The summed E-state index contributed by atoms with van der Waals surface area (Å²) in [6.07, 6.45) is 3.55. The predicted octanol–water partition coefficient (Wildman–Crippen LogP) is 4.73. The van der Waals surface area contributed by atoms with E-state index in [2.05, 4.69) is 21.4 Å². The molecule has 14 nitrogen and oxygen atoms in total. The predicted molar refractivity (Wildman–Crippen MR) is 214 cm³/mol. The number of carbonyl (C=O) groups excluding carboxylic acids is 4. The van der Waals surface area contributed by atoms with Crippen molar-refractivity contribution in [3.05, 3.63) is 155 Å². The highest BCUT2D eigenvalue weighted by atomic mass is 32.2. The van der Waals surface area contributed by atoms with Crippen LogP contribution in [0.15, 0.2) is 142 Å². The third-order valence-corrected chi connectivity index (χ3v) is 12.0. The minimum absolute atomic E-state index is 0.0867. The molecule has 0 saturated carbocycles. The van der Waals surface area contributed by atoms with E-state index in [1.165, 1.54) is 39.8 Å². The number of nitrogens with one attached hydrogen (secondary N) is 3. The largest absolute Gasteiger partial charge is 0.398 e. The van der Waals surface area contributed by atoms with Crippen LogP contribution in [-0.4, -0.2) is 63.4 Å². The van der Waals surface area contributed by atoms with Gasteiger partial charge in [0.05, 0.1) is 11.8 Å². The Hall–Kier alpha value is -6.17. The van der Waals surface area contributed by atoms with E-state index >= 15 is 0 Å². The van der Waals surface area contributed by atoms with Crippen LogP contribution in [0.5, 0.6) is 0 Å². The fourth-order valence-electron chi connectivity index (χ4n) is 6.33. The lowest BCUT2D eigenvalue weighted by molar-refractivity contribution is -0.641. The summed E-state index contributed by atoms with van der Waals surface area (Å²) in [7, 11) is 1.29. The normalized spacial score (nSPS) is 15.3. The monoisotopic (exact) mass is 807 g/mol. The highest BCUT2D eigenvalue weighted by molar-refractivity contribution is 8.01. The lowest BCUT2D eigenvalue weighted by Gasteiger charge is -2.44. The number of pyridine rings is 1. The lowest BCUT2D eigenvalue weighted by atomic mass is 9.77. The standard InChI is InChI=1S/C39H34N8O6S3/c1-52-44-33(30-24-56-38(41-30)42-39(26-11-5-2-6-12-26,27-13-7-3-8-14-27)28-15-9-4-10-16-28)35(49)45-53-36(50)34-25(23-55-32-21-31(48)47(32)34)22-54-29-17-19-46(20-18-29)43-37(40)51/h2-20,24,32H,21-23H2,1H3,(H4-,40,41,42,43,45,49,51)/p+1/b44-33-/t32-/m0/s1. The van der Waals surface area contributed by atoms with Gasteiger partial charge in [0, 0.05) is 33.9 Å². The number of fused-ring (bicyclic) bond motifs is 1. The maximum atomic E-state index is 13.6. The maximum Gasteiger partial charge on any atom is 0.379 e. The van der Waals surface area contributed by atoms with Crippen molar-refractivity contribution in [1.82, 2.24) is 15.4 Å². The number of rotatable bonds is 13. The van der Waals surface area contributed by atoms with Crippen LogP contribution in [0.3, 0.4) is 0 Å². The van der Waals surface area contributed by atoms with Crippen molar-refractivity contribution in [2.24, 2.45) is 10.9 Å². The Morgan fingerprint density at radius 2 is 1.57 bits per heavy atom. The first-order valence-electron chi connectivity index (χ1n) is 17.2. The Labute approximate surface area is 334 Å². The molecule has 5 N–H and O–H groups in total. The van der Waals surface area contributed by atoms with Crippen LogP contribution in [0.25, 0.3) is 0 Å². The van der Waals surface area contributed by atoms with Crippen LogP contribution < -0.4 is 26.6 Å². The molecule has 2 aliphatic rings. The molecule has 56 heavy (non-hydrogen) atoms. The van der Waals surface area contributed by atoms with Crippen molar-refractivity contribution in [2.75, 3.05) is 29.4 Å². The van der Waals surface area contributed by atoms with Crippen LogP contribution in [0.2, 0.25) is 0 Å². The molecule has 4 heterocycles. The third-order valence-electron chi connectivity index (χ3n) is 8.87. The molecule has 17 heteroatoms. The molecule has 0 spiro atoms. The molecule has 0 aliphatic carbocycles. The van der Waals surface area contributed by atoms with E-state index in [0.29, 0.717) is 28.6 Å². The van der Waals surface area contributed by atoms with Crippen molar-refractivity contribution in [3.63, 3.8) is 0 Å². The molecule has 0 bridgehead atoms. The second kappa shape index (κ2) is 17.1. The number of primary amides is 1. The Kier molecular flexibility index (Phi) is 11.6. The molecule has 2 aliphatic heterocycles. The average molecular weight is 808 g/mol. The van der Waals surface area contributed by atoms with Gasteiger partial charge in [0.25, 0.3) is 0 Å². The van der Waals surface area contributed by atoms with Crippen molar-refractivity contribution in [2.45, 2.75) is 22.2 Å². The zero-order chi connectivity index (χ0) is 39.1. The highest BCUT2D eigenvalue weighted by Crippen LogP contribution is 2.42. The smallest absolute Gasteiger partial charge is 0.379 e. The Bertz CT molecular complexity index is 2190. The molecular weight excluding hydrogens is 773 g/mol. The maximum absolute atomic E-state index is 13.6. The number of nitrogens with zero attached hydrogens (tertiary/aromatic N) is 4. The van der Waals surface area contributed by atoms with Crippen LogP contribution in [0, 0.1) is 0 Å². The Morgan fingerprint density at radius 1 is 0.964 bits per heavy atom. The molecule has 0 radical (unpaired) electrons. The van der Waals surface area contributed by atoms with Crippen LogP contribution in [-0.2, 0) is 29.6 Å². The number of anilines is 1. The van der Waals surface area contributed by atoms with E-state index in [1.54, 1.807) is 41.7 Å². The van der Waals surface area contributed by atoms with Gasteiger partial charge in [0.2, 0.25) is 18.3 Å². The van der Waals surface area contributed by atoms with Crippen molar-refractivity contribution in [1.29, 1.82) is 0 Å². The molecule has 4 amide bonds. The number of urea groups is 1. The SMILES string of the molecule is CO/N=C(\C(=O)NOC(=O)C1=C(CSc2cc[n+](NC(N)=O)cc2)CS[C@H]2CC(=O)N12)c1csc(NC(c2ccccc2)(c2ccccc2)c2ccccc2)n1. The molecule has 0 unspecified atom stereocenters. The highest BCUT2D eigenvalue weighted by Gasteiger charge is 2.46. The zero-order valence-electron chi connectivity index (χ0n) is 29.8. The van der Waals surface area contributed by atoms with Gasteiger partial charge in [-0.15, -0.1) is 40.3 Å². The molecule has 5 aromatic rings. The number of hydroxylamine groups is 1. The molecular formula is C39H35N8O6S3+. The number of thiazole rings is 1. The summed E-state index contributed by atoms with van der Waals surface area (Å²) in [6.45, 7) is 0. The Balaban J connectivity index is 1.10. The first-order valence-corrected chi connectivity index (χ1v) is 20.1. The van der Waals surface area contributed by atoms with Crippen molar-refractivity contribution < 1.29 is 33.5 Å².